The molecule has 0 aliphatic carbocycles. The normalized spacial score (nSPS) is 30.3. The number of rotatable bonds is 5. The van der Waals surface area contributed by atoms with E-state index >= 15 is 0 Å². The topological polar surface area (TPSA) is 35.6 Å². The number of hydrogen-bond acceptors (Lipinski definition) is 2. The van der Waals surface area contributed by atoms with Gasteiger partial charge in [-0.15, -0.1) is 0 Å². The van der Waals surface area contributed by atoms with Crippen molar-refractivity contribution in [1.29, 1.82) is 0 Å². The van der Waals surface area contributed by atoms with Crippen molar-refractivity contribution in [2.45, 2.75) is 65.3 Å². The van der Waals surface area contributed by atoms with Gasteiger partial charge in [0.25, 0.3) is 0 Å². The van der Waals surface area contributed by atoms with Crippen LogP contribution in [0.4, 0.5) is 4.79 Å². The molecule has 1 N–H and O–H groups in total. The van der Waals surface area contributed by atoms with Crippen LogP contribution >= 0.6 is 0 Å². The molecular formula is C18H35N3O. The molecule has 22 heavy (non-hydrogen) atoms. The summed E-state index contributed by atoms with van der Waals surface area (Å²) < 4.78 is 0. The zero-order chi connectivity index (χ0) is 15.9. The summed E-state index contributed by atoms with van der Waals surface area (Å²) in [6.45, 7) is 12.3. The Bertz CT molecular complexity index is 337. The van der Waals surface area contributed by atoms with Gasteiger partial charge in [0.15, 0.2) is 0 Å². The van der Waals surface area contributed by atoms with Crippen molar-refractivity contribution >= 4 is 6.03 Å². The van der Waals surface area contributed by atoms with E-state index in [1.807, 2.05) is 4.90 Å². The van der Waals surface area contributed by atoms with Crippen molar-refractivity contribution < 1.29 is 4.79 Å². The average Bonchev–Trinajstić information content (AvgIpc) is 2.46. The number of carbonyl (C=O) groups is 1. The molecule has 0 radical (unpaired) electrons. The number of amides is 2. The van der Waals surface area contributed by atoms with Gasteiger partial charge in [-0.2, -0.15) is 0 Å². The van der Waals surface area contributed by atoms with E-state index in [1.54, 1.807) is 0 Å². The molecule has 0 aromatic heterocycles. The zero-order valence-corrected chi connectivity index (χ0v) is 14.8. The molecule has 2 saturated heterocycles. The Balaban J connectivity index is 1.56. The van der Waals surface area contributed by atoms with Crippen LogP contribution in [0.3, 0.4) is 0 Å². The van der Waals surface area contributed by atoms with Crippen LogP contribution in [0.15, 0.2) is 0 Å². The molecule has 2 amide bonds. The molecule has 2 fully saturated rings. The summed E-state index contributed by atoms with van der Waals surface area (Å²) in [4.78, 5) is 16.8. The van der Waals surface area contributed by atoms with Crippen LogP contribution in [0.5, 0.6) is 0 Å². The standard InChI is InChI=1S/C18H35N3O/c1-15-12-16(2)14-20(13-15)10-7-5-9-19-18(22)21-11-6-4-8-17(21)3/h15-17H,4-14H2,1-3H3,(H,19,22). The number of hydrogen-bond donors (Lipinski definition) is 1. The number of piperidine rings is 2. The second-order valence-electron chi connectivity index (χ2n) is 7.68. The fourth-order valence-electron chi connectivity index (χ4n) is 4.13. The molecule has 3 atom stereocenters. The molecule has 0 aromatic rings. The van der Waals surface area contributed by atoms with Gasteiger partial charge in [0.05, 0.1) is 0 Å². The minimum Gasteiger partial charge on any atom is -0.338 e. The molecular weight excluding hydrogens is 274 g/mol. The van der Waals surface area contributed by atoms with Crippen LogP contribution in [0.1, 0.15) is 59.3 Å². The van der Waals surface area contributed by atoms with Crippen molar-refractivity contribution in [3.8, 4) is 0 Å². The number of likely N-dealkylation sites (tertiary alicyclic amines) is 2. The predicted molar refractivity (Wildman–Crippen MR) is 92.0 cm³/mol. The highest BCUT2D eigenvalue weighted by molar-refractivity contribution is 5.74. The second-order valence-corrected chi connectivity index (χ2v) is 7.68. The SMILES string of the molecule is CC1CC(C)CN(CCCCNC(=O)N2CCCCC2C)C1. The molecule has 4 nitrogen and oxygen atoms in total. The molecule has 0 spiro atoms. The van der Waals surface area contributed by atoms with E-state index in [0.29, 0.717) is 6.04 Å². The molecule has 0 saturated carbocycles. The van der Waals surface area contributed by atoms with Crippen LogP contribution < -0.4 is 5.32 Å². The molecule has 2 aliphatic heterocycles. The third kappa shape index (κ3) is 5.45. The Labute approximate surface area is 136 Å². The summed E-state index contributed by atoms with van der Waals surface area (Å²) >= 11 is 0. The maximum absolute atomic E-state index is 12.2. The van der Waals surface area contributed by atoms with E-state index in [9.17, 15) is 4.79 Å². The van der Waals surface area contributed by atoms with Gasteiger partial charge in [-0.05, 0) is 63.8 Å². The van der Waals surface area contributed by atoms with Crippen molar-refractivity contribution in [3.05, 3.63) is 0 Å². The number of unbranched alkanes of at least 4 members (excludes halogenated alkanes) is 1. The Morgan fingerprint density at radius 3 is 2.50 bits per heavy atom. The molecule has 3 unspecified atom stereocenters. The molecule has 4 heteroatoms. The predicted octanol–water partition coefficient (Wildman–Crippen LogP) is 3.33. The molecule has 0 bridgehead atoms. The smallest absolute Gasteiger partial charge is 0.317 e. The van der Waals surface area contributed by atoms with E-state index in [4.69, 9.17) is 0 Å². The monoisotopic (exact) mass is 309 g/mol. The molecule has 2 heterocycles. The van der Waals surface area contributed by atoms with Crippen molar-refractivity contribution in [2.75, 3.05) is 32.7 Å². The zero-order valence-electron chi connectivity index (χ0n) is 14.8. The lowest BCUT2D eigenvalue weighted by atomic mass is 9.92. The van der Waals surface area contributed by atoms with Gasteiger partial charge in [0.1, 0.15) is 0 Å². The van der Waals surface area contributed by atoms with Crippen LogP contribution in [-0.4, -0.2) is 54.6 Å². The molecule has 128 valence electrons. The summed E-state index contributed by atoms with van der Waals surface area (Å²) in [6, 6.07) is 0.553. The van der Waals surface area contributed by atoms with E-state index in [1.165, 1.54) is 38.9 Å². The van der Waals surface area contributed by atoms with Gasteiger partial charge in [-0.3, -0.25) is 0 Å². The lowest BCUT2D eigenvalue weighted by Gasteiger charge is -2.35. The van der Waals surface area contributed by atoms with Crippen molar-refractivity contribution in [3.63, 3.8) is 0 Å². The third-order valence-electron chi connectivity index (χ3n) is 5.19. The van der Waals surface area contributed by atoms with E-state index in [0.717, 1.165) is 44.2 Å². The summed E-state index contributed by atoms with van der Waals surface area (Å²) in [6.07, 6.45) is 7.22. The van der Waals surface area contributed by atoms with E-state index < -0.39 is 0 Å². The van der Waals surface area contributed by atoms with E-state index in [-0.39, 0.29) is 6.03 Å². The molecule has 2 rings (SSSR count). The van der Waals surface area contributed by atoms with E-state index in [2.05, 4.69) is 31.0 Å². The van der Waals surface area contributed by atoms with Gasteiger partial charge < -0.3 is 15.1 Å². The quantitative estimate of drug-likeness (QED) is 0.791. The van der Waals surface area contributed by atoms with Crippen LogP contribution in [0.2, 0.25) is 0 Å². The molecule has 0 aromatic carbocycles. The summed E-state index contributed by atoms with van der Waals surface area (Å²) in [5.74, 6) is 1.67. The highest BCUT2D eigenvalue weighted by Crippen LogP contribution is 2.21. The maximum Gasteiger partial charge on any atom is 0.317 e. The summed E-state index contributed by atoms with van der Waals surface area (Å²) in [5, 5.41) is 3.11. The second kappa shape index (κ2) is 8.76. The first-order chi connectivity index (χ1) is 10.6. The number of nitrogens with zero attached hydrogens (tertiary/aromatic N) is 2. The Hall–Kier alpha value is -0.770. The van der Waals surface area contributed by atoms with Crippen LogP contribution in [-0.2, 0) is 0 Å². The average molecular weight is 309 g/mol. The summed E-state index contributed by atoms with van der Waals surface area (Å²) in [5.41, 5.74) is 0. The Kier molecular flexibility index (Phi) is 7.00. The first-order valence-electron chi connectivity index (χ1n) is 9.33. The minimum absolute atomic E-state index is 0.146. The number of nitrogens with one attached hydrogen (secondary N) is 1. The minimum atomic E-state index is 0.146. The first-order valence-corrected chi connectivity index (χ1v) is 9.33. The fraction of sp³-hybridized carbons (Fsp3) is 0.944. The van der Waals surface area contributed by atoms with Gasteiger partial charge in [-0.25, -0.2) is 4.79 Å². The third-order valence-corrected chi connectivity index (χ3v) is 5.19. The van der Waals surface area contributed by atoms with Crippen molar-refractivity contribution in [1.82, 2.24) is 15.1 Å². The van der Waals surface area contributed by atoms with Crippen LogP contribution in [0.25, 0.3) is 0 Å². The van der Waals surface area contributed by atoms with Gasteiger partial charge in [0, 0.05) is 32.2 Å². The lowest BCUT2D eigenvalue weighted by Crippen LogP contribution is -2.47. The number of urea groups is 1. The number of carbonyl (C=O) groups excluding carboxylic acids is 1. The summed E-state index contributed by atoms with van der Waals surface area (Å²) in [7, 11) is 0. The van der Waals surface area contributed by atoms with Gasteiger partial charge in [-0.1, -0.05) is 13.8 Å². The highest BCUT2D eigenvalue weighted by atomic mass is 16.2. The highest BCUT2D eigenvalue weighted by Gasteiger charge is 2.23. The maximum atomic E-state index is 12.2. The Morgan fingerprint density at radius 1 is 1.09 bits per heavy atom. The van der Waals surface area contributed by atoms with Gasteiger partial charge in [0.2, 0.25) is 0 Å². The Morgan fingerprint density at radius 2 is 1.82 bits per heavy atom. The molecule has 2 aliphatic rings. The first kappa shape index (κ1) is 17.6. The lowest BCUT2D eigenvalue weighted by molar-refractivity contribution is 0.138. The van der Waals surface area contributed by atoms with Crippen molar-refractivity contribution in [2.24, 2.45) is 11.8 Å². The van der Waals surface area contributed by atoms with Crippen LogP contribution in [0, 0.1) is 11.8 Å². The largest absolute Gasteiger partial charge is 0.338 e. The van der Waals surface area contributed by atoms with Gasteiger partial charge >= 0.3 is 6.03 Å². The fourth-order valence-corrected chi connectivity index (χ4v) is 4.13.